The SMILES string of the molecule is CN1Cc2ccnn2[C@@H](CC(=O)N2CCOCC2)C1. The summed E-state index contributed by atoms with van der Waals surface area (Å²) in [6.45, 7) is 4.53. The first-order valence-electron chi connectivity index (χ1n) is 6.80. The molecule has 1 fully saturated rings. The molecule has 1 saturated heterocycles. The number of morpholine rings is 1. The van der Waals surface area contributed by atoms with Gasteiger partial charge in [0.2, 0.25) is 5.91 Å². The standard InChI is InChI=1S/C13H20N4O2/c1-15-9-11-2-3-14-17(11)12(10-15)8-13(18)16-4-6-19-7-5-16/h2-3,12H,4-10H2,1H3/t12-/m0/s1. The van der Waals surface area contributed by atoms with E-state index in [4.69, 9.17) is 4.74 Å². The summed E-state index contributed by atoms with van der Waals surface area (Å²) in [5, 5.41) is 4.37. The minimum atomic E-state index is 0.152. The van der Waals surface area contributed by atoms with Crippen LogP contribution in [0.15, 0.2) is 12.3 Å². The Bertz CT molecular complexity index is 453. The molecule has 6 heteroatoms. The quantitative estimate of drug-likeness (QED) is 0.761. The van der Waals surface area contributed by atoms with Crippen molar-refractivity contribution >= 4 is 5.91 Å². The highest BCUT2D eigenvalue weighted by Crippen LogP contribution is 2.22. The van der Waals surface area contributed by atoms with Gasteiger partial charge >= 0.3 is 0 Å². The van der Waals surface area contributed by atoms with Crippen LogP contribution in [0.4, 0.5) is 0 Å². The Balaban J connectivity index is 1.68. The first kappa shape index (κ1) is 12.6. The van der Waals surface area contributed by atoms with Gasteiger partial charge in [-0.05, 0) is 13.1 Å². The number of rotatable bonds is 2. The van der Waals surface area contributed by atoms with Gasteiger partial charge in [-0.1, -0.05) is 0 Å². The molecule has 1 atom stereocenters. The number of carbonyl (C=O) groups excluding carboxylic acids is 1. The van der Waals surface area contributed by atoms with Gasteiger partial charge in [-0.2, -0.15) is 5.10 Å². The molecule has 1 amide bonds. The van der Waals surface area contributed by atoms with Gasteiger partial charge in [-0.3, -0.25) is 14.4 Å². The number of nitrogens with zero attached hydrogens (tertiary/aromatic N) is 4. The molecule has 0 unspecified atom stereocenters. The molecule has 3 rings (SSSR count). The molecule has 3 heterocycles. The monoisotopic (exact) mass is 264 g/mol. The van der Waals surface area contributed by atoms with Crippen LogP contribution in [0.25, 0.3) is 0 Å². The van der Waals surface area contributed by atoms with Gasteiger partial charge in [0.1, 0.15) is 0 Å². The van der Waals surface area contributed by atoms with Gasteiger partial charge < -0.3 is 9.64 Å². The largest absolute Gasteiger partial charge is 0.378 e. The van der Waals surface area contributed by atoms with Gasteiger partial charge in [0.25, 0.3) is 0 Å². The molecule has 1 aromatic rings. The maximum Gasteiger partial charge on any atom is 0.224 e. The third-order valence-corrected chi connectivity index (χ3v) is 3.83. The van der Waals surface area contributed by atoms with Crippen molar-refractivity contribution in [2.24, 2.45) is 0 Å². The molecule has 0 bridgehead atoms. The van der Waals surface area contributed by atoms with E-state index in [1.165, 1.54) is 5.69 Å². The minimum Gasteiger partial charge on any atom is -0.378 e. The van der Waals surface area contributed by atoms with E-state index in [2.05, 4.69) is 17.0 Å². The van der Waals surface area contributed by atoms with Crippen LogP contribution >= 0.6 is 0 Å². The lowest BCUT2D eigenvalue weighted by molar-refractivity contribution is -0.136. The second-order valence-electron chi connectivity index (χ2n) is 5.31. The normalized spacial score (nSPS) is 24.3. The van der Waals surface area contributed by atoms with Crippen molar-refractivity contribution in [2.45, 2.75) is 19.0 Å². The second kappa shape index (κ2) is 5.30. The fourth-order valence-corrected chi connectivity index (χ4v) is 2.87. The molecule has 0 N–H and O–H groups in total. The van der Waals surface area contributed by atoms with E-state index in [0.29, 0.717) is 32.7 Å². The molecule has 0 aliphatic carbocycles. The Morgan fingerprint density at radius 3 is 3.05 bits per heavy atom. The molecule has 2 aliphatic rings. The highest BCUT2D eigenvalue weighted by atomic mass is 16.5. The van der Waals surface area contributed by atoms with E-state index in [-0.39, 0.29) is 11.9 Å². The Hall–Kier alpha value is -1.40. The van der Waals surface area contributed by atoms with Crippen molar-refractivity contribution in [1.29, 1.82) is 0 Å². The van der Waals surface area contributed by atoms with Crippen LogP contribution < -0.4 is 0 Å². The number of hydrogen-bond acceptors (Lipinski definition) is 4. The molecule has 0 aromatic carbocycles. The average Bonchev–Trinajstić information content (AvgIpc) is 2.88. The Labute approximate surface area is 112 Å². The fourth-order valence-electron chi connectivity index (χ4n) is 2.87. The molecule has 1 aromatic heterocycles. The van der Waals surface area contributed by atoms with Crippen molar-refractivity contribution < 1.29 is 9.53 Å². The zero-order valence-corrected chi connectivity index (χ0v) is 11.3. The molecular formula is C13H20N4O2. The lowest BCUT2D eigenvalue weighted by atomic mass is 10.1. The lowest BCUT2D eigenvalue weighted by Gasteiger charge is -2.33. The number of ether oxygens (including phenoxy) is 1. The first-order chi connectivity index (χ1) is 9.24. The molecular weight excluding hydrogens is 244 g/mol. The van der Waals surface area contributed by atoms with Gasteiger partial charge in [0, 0.05) is 32.4 Å². The molecule has 0 saturated carbocycles. The molecule has 6 nitrogen and oxygen atoms in total. The van der Waals surface area contributed by atoms with Gasteiger partial charge in [-0.25, -0.2) is 0 Å². The van der Waals surface area contributed by atoms with E-state index in [9.17, 15) is 4.79 Å². The highest BCUT2D eigenvalue weighted by molar-refractivity contribution is 5.76. The number of hydrogen-bond donors (Lipinski definition) is 0. The van der Waals surface area contributed by atoms with E-state index >= 15 is 0 Å². The molecule has 2 aliphatic heterocycles. The number of carbonyl (C=O) groups is 1. The molecule has 19 heavy (non-hydrogen) atoms. The summed E-state index contributed by atoms with van der Waals surface area (Å²) in [4.78, 5) is 16.5. The summed E-state index contributed by atoms with van der Waals surface area (Å²) in [5.41, 5.74) is 1.19. The summed E-state index contributed by atoms with van der Waals surface area (Å²) >= 11 is 0. The topological polar surface area (TPSA) is 50.6 Å². The minimum absolute atomic E-state index is 0.152. The number of likely N-dealkylation sites (N-methyl/N-ethyl adjacent to an activating group) is 1. The number of fused-ring (bicyclic) bond motifs is 1. The maximum atomic E-state index is 12.3. The zero-order chi connectivity index (χ0) is 13.2. The first-order valence-corrected chi connectivity index (χ1v) is 6.80. The fraction of sp³-hybridized carbons (Fsp3) is 0.692. The van der Waals surface area contributed by atoms with Crippen molar-refractivity contribution in [3.05, 3.63) is 18.0 Å². The summed E-state index contributed by atoms with van der Waals surface area (Å²) in [7, 11) is 2.09. The Morgan fingerprint density at radius 1 is 1.47 bits per heavy atom. The number of aromatic nitrogens is 2. The Kier molecular flexibility index (Phi) is 3.52. The van der Waals surface area contributed by atoms with Crippen LogP contribution in [0.1, 0.15) is 18.2 Å². The van der Waals surface area contributed by atoms with Crippen molar-refractivity contribution in [3.63, 3.8) is 0 Å². The summed E-state index contributed by atoms with van der Waals surface area (Å²) in [6, 6.07) is 2.18. The van der Waals surface area contributed by atoms with E-state index in [0.717, 1.165) is 13.1 Å². The van der Waals surface area contributed by atoms with E-state index < -0.39 is 0 Å². The molecule has 104 valence electrons. The Morgan fingerprint density at radius 2 is 2.26 bits per heavy atom. The van der Waals surface area contributed by atoms with Gasteiger partial charge in [-0.15, -0.1) is 0 Å². The summed E-state index contributed by atoms with van der Waals surface area (Å²) in [5.74, 6) is 0.213. The maximum absolute atomic E-state index is 12.3. The third-order valence-electron chi connectivity index (χ3n) is 3.83. The average molecular weight is 264 g/mol. The van der Waals surface area contributed by atoms with Gasteiger partial charge in [0.15, 0.2) is 0 Å². The van der Waals surface area contributed by atoms with E-state index in [1.54, 1.807) is 0 Å². The van der Waals surface area contributed by atoms with Gasteiger partial charge in [0.05, 0.1) is 31.4 Å². The molecule has 0 spiro atoms. The predicted molar refractivity (Wildman–Crippen MR) is 69.6 cm³/mol. The van der Waals surface area contributed by atoms with Crippen LogP contribution in [0.2, 0.25) is 0 Å². The van der Waals surface area contributed by atoms with Crippen molar-refractivity contribution in [3.8, 4) is 0 Å². The third kappa shape index (κ3) is 2.64. The van der Waals surface area contributed by atoms with Crippen molar-refractivity contribution in [2.75, 3.05) is 39.9 Å². The highest BCUT2D eigenvalue weighted by Gasteiger charge is 2.27. The van der Waals surface area contributed by atoms with Crippen LogP contribution in [0.5, 0.6) is 0 Å². The summed E-state index contributed by atoms with van der Waals surface area (Å²) in [6.07, 6.45) is 2.35. The van der Waals surface area contributed by atoms with Crippen LogP contribution in [-0.4, -0.2) is 65.4 Å². The van der Waals surface area contributed by atoms with Crippen LogP contribution in [0, 0.1) is 0 Å². The van der Waals surface area contributed by atoms with E-state index in [1.807, 2.05) is 21.8 Å². The number of amides is 1. The second-order valence-corrected chi connectivity index (χ2v) is 5.31. The molecule has 0 radical (unpaired) electrons. The van der Waals surface area contributed by atoms with Crippen LogP contribution in [0.3, 0.4) is 0 Å². The van der Waals surface area contributed by atoms with Crippen molar-refractivity contribution in [1.82, 2.24) is 19.6 Å². The van der Waals surface area contributed by atoms with Crippen LogP contribution in [-0.2, 0) is 16.1 Å². The predicted octanol–water partition coefficient (Wildman–Crippen LogP) is 0.119. The summed E-state index contributed by atoms with van der Waals surface area (Å²) < 4.78 is 7.29. The smallest absolute Gasteiger partial charge is 0.224 e. The zero-order valence-electron chi connectivity index (χ0n) is 11.3. The lowest BCUT2D eigenvalue weighted by Crippen LogP contribution is -2.43.